The molecule has 102 valence electrons. The number of likely N-dealkylation sites (N-methyl/N-ethyl adjacent to an activating group) is 1. The van der Waals surface area contributed by atoms with Crippen LogP contribution in [0.1, 0.15) is 18.9 Å². The molecule has 1 amide bonds. The van der Waals surface area contributed by atoms with Crippen molar-refractivity contribution in [2.45, 2.75) is 13.3 Å². The van der Waals surface area contributed by atoms with Gasteiger partial charge in [0.2, 0.25) is 5.91 Å². The number of anilines is 1. The summed E-state index contributed by atoms with van der Waals surface area (Å²) in [5.74, 6) is -0.00249. The Hall–Kier alpha value is -1.73. The molecule has 19 heavy (non-hydrogen) atoms. The van der Waals surface area contributed by atoms with Crippen LogP contribution in [0.15, 0.2) is 18.2 Å². The molecule has 0 spiro atoms. The topological polar surface area (TPSA) is 47.3 Å². The van der Waals surface area contributed by atoms with E-state index in [4.69, 9.17) is 16.9 Å². The first-order valence-corrected chi connectivity index (χ1v) is 6.52. The van der Waals surface area contributed by atoms with E-state index in [0.717, 1.165) is 6.42 Å². The lowest BCUT2D eigenvalue weighted by atomic mass is 10.1. The van der Waals surface area contributed by atoms with E-state index in [9.17, 15) is 4.79 Å². The molecule has 0 saturated carbocycles. The highest BCUT2D eigenvalue weighted by Crippen LogP contribution is 2.24. The predicted molar refractivity (Wildman–Crippen MR) is 77.4 cm³/mol. The Balaban J connectivity index is 3.08. The molecule has 0 fully saturated rings. The molecule has 0 aromatic heterocycles. The van der Waals surface area contributed by atoms with E-state index in [2.05, 4.69) is 6.07 Å². The molecule has 0 bridgehead atoms. The van der Waals surface area contributed by atoms with Gasteiger partial charge in [-0.2, -0.15) is 5.26 Å². The van der Waals surface area contributed by atoms with Crippen molar-refractivity contribution in [1.29, 1.82) is 5.26 Å². The molecule has 1 aromatic rings. The van der Waals surface area contributed by atoms with Gasteiger partial charge in [-0.1, -0.05) is 18.5 Å². The van der Waals surface area contributed by atoms with Crippen LogP contribution in [0.5, 0.6) is 0 Å². The maximum atomic E-state index is 11.9. The minimum atomic E-state index is -0.00249. The zero-order valence-electron chi connectivity index (χ0n) is 11.5. The summed E-state index contributed by atoms with van der Waals surface area (Å²) in [5.41, 5.74) is 1.25. The molecule has 0 saturated heterocycles. The van der Waals surface area contributed by atoms with Crippen molar-refractivity contribution in [2.24, 2.45) is 0 Å². The van der Waals surface area contributed by atoms with Crippen LogP contribution in [-0.2, 0) is 4.79 Å². The Bertz CT molecular complexity index is 494. The van der Waals surface area contributed by atoms with Gasteiger partial charge in [0.25, 0.3) is 0 Å². The molecule has 1 aromatic carbocycles. The number of carbonyl (C=O) groups excluding carboxylic acids is 1. The Morgan fingerprint density at radius 2 is 2.11 bits per heavy atom. The van der Waals surface area contributed by atoms with Crippen LogP contribution < -0.4 is 4.90 Å². The average molecular weight is 280 g/mol. The number of nitriles is 1. The Morgan fingerprint density at radius 3 is 2.63 bits per heavy atom. The first-order valence-electron chi connectivity index (χ1n) is 6.14. The summed E-state index contributed by atoms with van der Waals surface area (Å²) in [7, 11) is 3.44. The monoisotopic (exact) mass is 279 g/mol. The van der Waals surface area contributed by atoms with E-state index in [1.165, 1.54) is 0 Å². The van der Waals surface area contributed by atoms with Gasteiger partial charge in [-0.3, -0.25) is 4.79 Å². The summed E-state index contributed by atoms with van der Waals surface area (Å²) in [6, 6.07) is 7.24. The van der Waals surface area contributed by atoms with E-state index < -0.39 is 0 Å². The highest BCUT2D eigenvalue weighted by atomic mass is 35.5. The molecule has 0 unspecified atom stereocenters. The number of rotatable bonds is 5. The minimum absolute atomic E-state index is 0.00249. The first kappa shape index (κ1) is 15.3. The number of hydrogen-bond donors (Lipinski definition) is 0. The van der Waals surface area contributed by atoms with Gasteiger partial charge < -0.3 is 9.80 Å². The number of carbonyl (C=O) groups is 1. The lowest BCUT2D eigenvalue weighted by molar-refractivity contribution is -0.127. The molecule has 5 heteroatoms. The molecule has 0 N–H and O–H groups in total. The largest absolute Gasteiger partial charge is 0.361 e. The highest BCUT2D eigenvalue weighted by Gasteiger charge is 2.16. The number of hydrogen-bond acceptors (Lipinski definition) is 3. The van der Waals surface area contributed by atoms with Crippen LogP contribution in [0.4, 0.5) is 5.69 Å². The van der Waals surface area contributed by atoms with Gasteiger partial charge >= 0.3 is 0 Å². The molecule has 0 radical (unpaired) electrons. The maximum Gasteiger partial charge on any atom is 0.241 e. The van der Waals surface area contributed by atoms with Crippen molar-refractivity contribution in [3.63, 3.8) is 0 Å². The van der Waals surface area contributed by atoms with Crippen molar-refractivity contribution < 1.29 is 4.79 Å². The molecule has 0 heterocycles. The van der Waals surface area contributed by atoms with Crippen LogP contribution >= 0.6 is 11.6 Å². The Kier molecular flexibility index (Phi) is 5.65. The van der Waals surface area contributed by atoms with Crippen LogP contribution in [0.3, 0.4) is 0 Å². The minimum Gasteiger partial charge on any atom is -0.361 e. The van der Waals surface area contributed by atoms with E-state index in [0.29, 0.717) is 22.8 Å². The summed E-state index contributed by atoms with van der Waals surface area (Å²) in [4.78, 5) is 15.3. The van der Waals surface area contributed by atoms with Crippen LogP contribution in [0, 0.1) is 11.3 Å². The maximum absolute atomic E-state index is 11.9. The lowest BCUT2D eigenvalue weighted by Crippen LogP contribution is -2.37. The van der Waals surface area contributed by atoms with Crippen molar-refractivity contribution in [3.8, 4) is 6.07 Å². The fourth-order valence-electron chi connectivity index (χ4n) is 1.72. The van der Waals surface area contributed by atoms with Crippen molar-refractivity contribution >= 4 is 23.2 Å². The summed E-state index contributed by atoms with van der Waals surface area (Å²) < 4.78 is 0. The molecular weight excluding hydrogens is 262 g/mol. The van der Waals surface area contributed by atoms with Gasteiger partial charge in [-0.15, -0.1) is 0 Å². The molecule has 0 aliphatic heterocycles. The second-order valence-electron chi connectivity index (χ2n) is 4.48. The van der Waals surface area contributed by atoms with Gasteiger partial charge in [0, 0.05) is 25.7 Å². The quantitative estimate of drug-likeness (QED) is 0.832. The van der Waals surface area contributed by atoms with Crippen molar-refractivity contribution in [2.75, 3.05) is 32.1 Å². The molecule has 0 aliphatic rings. The third-order valence-corrected chi connectivity index (χ3v) is 2.97. The average Bonchev–Trinajstić information content (AvgIpc) is 2.37. The van der Waals surface area contributed by atoms with Crippen LogP contribution in [0.2, 0.25) is 5.02 Å². The molecule has 0 aliphatic carbocycles. The third-order valence-electron chi connectivity index (χ3n) is 2.74. The molecule has 0 atom stereocenters. The second kappa shape index (κ2) is 7.01. The van der Waals surface area contributed by atoms with Crippen molar-refractivity contribution in [3.05, 3.63) is 28.8 Å². The third kappa shape index (κ3) is 4.15. The van der Waals surface area contributed by atoms with E-state index in [-0.39, 0.29) is 12.5 Å². The SMILES string of the molecule is CCCN(CC(=O)N(C)C)c1cc(Cl)ccc1C#N. The highest BCUT2D eigenvalue weighted by molar-refractivity contribution is 6.30. The van der Waals surface area contributed by atoms with E-state index in [1.807, 2.05) is 11.8 Å². The number of benzene rings is 1. The van der Waals surface area contributed by atoms with E-state index in [1.54, 1.807) is 37.2 Å². The first-order chi connectivity index (χ1) is 8.99. The summed E-state index contributed by atoms with van der Waals surface area (Å²) in [5, 5.41) is 9.72. The standard InChI is InChI=1S/C14H18ClN3O/c1-4-7-18(10-14(19)17(2)3)13-8-12(15)6-5-11(13)9-16/h5-6,8H,4,7,10H2,1-3H3. The van der Waals surface area contributed by atoms with E-state index >= 15 is 0 Å². The van der Waals surface area contributed by atoms with Gasteiger partial charge in [0.1, 0.15) is 6.07 Å². The zero-order chi connectivity index (χ0) is 14.4. The number of amides is 1. The lowest BCUT2D eigenvalue weighted by Gasteiger charge is -2.26. The summed E-state index contributed by atoms with van der Waals surface area (Å²) in [6.07, 6.45) is 0.887. The van der Waals surface area contributed by atoms with Gasteiger partial charge in [0.05, 0.1) is 17.8 Å². The van der Waals surface area contributed by atoms with Crippen molar-refractivity contribution in [1.82, 2.24) is 4.90 Å². The Morgan fingerprint density at radius 1 is 1.42 bits per heavy atom. The molecule has 1 rings (SSSR count). The van der Waals surface area contributed by atoms with Gasteiger partial charge in [0.15, 0.2) is 0 Å². The Labute approximate surface area is 119 Å². The van der Waals surface area contributed by atoms with Gasteiger partial charge in [-0.25, -0.2) is 0 Å². The fourth-order valence-corrected chi connectivity index (χ4v) is 1.89. The summed E-state index contributed by atoms with van der Waals surface area (Å²) in [6.45, 7) is 2.98. The summed E-state index contributed by atoms with van der Waals surface area (Å²) >= 11 is 5.99. The van der Waals surface area contributed by atoms with Gasteiger partial charge in [-0.05, 0) is 24.6 Å². The fraction of sp³-hybridized carbons (Fsp3) is 0.429. The molecular formula is C14H18ClN3O. The number of halogens is 1. The molecule has 4 nitrogen and oxygen atoms in total. The van der Waals surface area contributed by atoms with Crippen LogP contribution in [-0.4, -0.2) is 38.0 Å². The number of nitrogens with zero attached hydrogens (tertiary/aromatic N) is 3. The second-order valence-corrected chi connectivity index (χ2v) is 4.92. The predicted octanol–water partition coefficient (Wildman–Crippen LogP) is 2.52. The smallest absolute Gasteiger partial charge is 0.241 e. The normalized spacial score (nSPS) is 9.84. The zero-order valence-corrected chi connectivity index (χ0v) is 12.2. The van der Waals surface area contributed by atoms with Crippen LogP contribution in [0.25, 0.3) is 0 Å².